The molecule has 0 bridgehead atoms. The topological polar surface area (TPSA) is 94.0 Å². The van der Waals surface area contributed by atoms with Gasteiger partial charge in [0.05, 0.1) is 6.54 Å². The van der Waals surface area contributed by atoms with Crippen molar-refractivity contribution >= 4 is 17.5 Å². The average molecular weight is 267 g/mol. The number of hydrogen-bond donors (Lipinski definition) is 2. The normalized spacial score (nSPS) is 14.1. The second-order valence-electron chi connectivity index (χ2n) is 3.82. The summed E-state index contributed by atoms with van der Waals surface area (Å²) in [5, 5.41) is 14.8. The molecule has 1 unspecified atom stereocenters. The van der Waals surface area contributed by atoms with Crippen molar-refractivity contribution in [3.8, 4) is 0 Å². The van der Waals surface area contributed by atoms with E-state index < -0.39 is 11.5 Å². The lowest BCUT2D eigenvalue weighted by Crippen LogP contribution is -2.44. The van der Waals surface area contributed by atoms with Gasteiger partial charge >= 0.3 is 0 Å². The molecule has 94 valence electrons. The Morgan fingerprint density at radius 2 is 2.11 bits per heavy atom. The van der Waals surface area contributed by atoms with E-state index in [2.05, 4.69) is 10.1 Å². The fourth-order valence-corrected chi connectivity index (χ4v) is 1.71. The first-order valence-electron chi connectivity index (χ1n) is 5.13. The van der Waals surface area contributed by atoms with Crippen molar-refractivity contribution < 1.29 is 9.90 Å². The van der Waals surface area contributed by atoms with Gasteiger partial charge in [-0.25, -0.2) is 9.67 Å². The number of nitrogens with zero attached hydrogens (tertiary/aromatic N) is 3. The van der Waals surface area contributed by atoms with Crippen LogP contribution in [0.25, 0.3) is 0 Å². The van der Waals surface area contributed by atoms with Gasteiger partial charge in [-0.3, -0.25) is 4.79 Å². The van der Waals surface area contributed by atoms with Crippen LogP contribution in [0.4, 0.5) is 0 Å². The Morgan fingerprint density at radius 3 is 2.61 bits per heavy atom. The number of carbonyl (C=O) groups excluding carboxylic acids is 1. The third-order valence-corrected chi connectivity index (χ3v) is 2.84. The number of benzene rings is 1. The molecule has 2 aromatic rings. The Morgan fingerprint density at radius 1 is 1.44 bits per heavy atom. The maximum absolute atomic E-state index is 11.5. The SMILES string of the molecule is NC(=O)C(O)(Cn1cncn1)c1ccc(Cl)cc1. The second-order valence-corrected chi connectivity index (χ2v) is 4.26. The lowest BCUT2D eigenvalue weighted by atomic mass is 9.93. The zero-order chi connectivity index (χ0) is 13.2. The van der Waals surface area contributed by atoms with Crippen LogP contribution < -0.4 is 5.73 Å². The summed E-state index contributed by atoms with van der Waals surface area (Å²) < 4.78 is 1.33. The molecule has 0 saturated heterocycles. The Labute approximate surface area is 108 Å². The molecule has 0 aliphatic carbocycles. The van der Waals surface area contributed by atoms with Crippen LogP contribution in [0.3, 0.4) is 0 Å². The summed E-state index contributed by atoms with van der Waals surface area (Å²) in [6.45, 7) is -0.107. The van der Waals surface area contributed by atoms with E-state index in [1.54, 1.807) is 24.3 Å². The number of carbonyl (C=O) groups is 1. The first-order chi connectivity index (χ1) is 8.52. The van der Waals surface area contributed by atoms with E-state index in [0.717, 1.165) is 0 Å². The van der Waals surface area contributed by atoms with Gasteiger partial charge in [0, 0.05) is 5.02 Å². The molecule has 6 nitrogen and oxygen atoms in total. The Hall–Kier alpha value is -1.92. The lowest BCUT2D eigenvalue weighted by Gasteiger charge is -2.24. The van der Waals surface area contributed by atoms with Gasteiger partial charge in [-0.05, 0) is 17.7 Å². The number of amides is 1. The molecule has 3 N–H and O–H groups in total. The minimum atomic E-state index is -1.85. The molecule has 7 heteroatoms. The number of rotatable bonds is 4. The van der Waals surface area contributed by atoms with E-state index in [-0.39, 0.29) is 6.54 Å². The average Bonchev–Trinajstić information content (AvgIpc) is 2.82. The number of nitrogens with two attached hydrogens (primary N) is 1. The molecule has 1 aromatic carbocycles. The number of primary amides is 1. The van der Waals surface area contributed by atoms with Crippen LogP contribution in [-0.4, -0.2) is 25.8 Å². The van der Waals surface area contributed by atoms with E-state index in [1.165, 1.54) is 17.3 Å². The molecule has 1 amide bonds. The van der Waals surface area contributed by atoms with Gasteiger partial charge in [-0.2, -0.15) is 5.10 Å². The predicted octanol–water partition coefficient (Wildman–Crippen LogP) is 0.305. The van der Waals surface area contributed by atoms with E-state index >= 15 is 0 Å². The number of halogens is 1. The van der Waals surface area contributed by atoms with E-state index in [9.17, 15) is 9.90 Å². The van der Waals surface area contributed by atoms with Crippen LogP contribution in [0.15, 0.2) is 36.9 Å². The third kappa shape index (κ3) is 2.34. The Bertz CT molecular complexity index is 541. The van der Waals surface area contributed by atoms with Crippen LogP contribution in [-0.2, 0) is 16.9 Å². The summed E-state index contributed by atoms with van der Waals surface area (Å²) in [5.74, 6) is -0.861. The monoisotopic (exact) mass is 266 g/mol. The highest BCUT2D eigenvalue weighted by atomic mass is 35.5. The summed E-state index contributed by atoms with van der Waals surface area (Å²) >= 11 is 5.76. The predicted molar refractivity (Wildman–Crippen MR) is 64.6 cm³/mol. The summed E-state index contributed by atoms with van der Waals surface area (Å²) in [7, 11) is 0. The van der Waals surface area contributed by atoms with Crippen molar-refractivity contribution in [2.75, 3.05) is 0 Å². The van der Waals surface area contributed by atoms with Crippen LogP contribution in [0.5, 0.6) is 0 Å². The molecule has 18 heavy (non-hydrogen) atoms. The van der Waals surface area contributed by atoms with E-state index in [1.807, 2.05) is 0 Å². The first kappa shape index (κ1) is 12.5. The maximum atomic E-state index is 11.5. The van der Waals surface area contributed by atoms with E-state index in [4.69, 9.17) is 17.3 Å². The molecule has 2 rings (SSSR count). The molecule has 0 fully saturated rings. The molecule has 0 aliphatic heterocycles. The third-order valence-electron chi connectivity index (χ3n) is 2.59. The fourth-order valence-electron chi connectivity index (χ4n) is 1.59. The minimum absolute atomic E-state index is 0.107. The van der Waals surface area contributed by atoms with Gasteiger partial charge in [0.15, 0.2) is 5.60 Å². The fraction of sp³-hybridized carbons (Fsp3) is 0.182. The van der Waals surface area contributed by atoms with Crippen molar-refractivity contribution in [3.63, 3.8) is 0 Å². The zero-order valence-corrected chi connectivity index (χ0v) is 10.1. The van der Waals surface area contributed by atoms with Crippen molar-refractivity contribution in [2.45, 2.75) is 12.1 Å². The highest BCUT2D eigenvalue weighted by Gasteiger charge is 2.36. The van der Waals surface area contributed by atoms with Crippen LogP contribution in [0, 0.1) is 0 Å². The zero-order valence-electron chi connectivity index (χ0n) is 9.32. The van der Waals surface area contributed by atoms with Gasteiger partial charge in [-0.1, -0.05) is 23.7 Å². The highest BCUT2D eigenvalue weighted by molar-refractivity contribution is 6.30. The molecular formula is C11H11ClN4O2. The molecular weight excluding hydrogens is 256 g/mol. The van der Waals surface area contributed by atoms with Gasteiger partial charge in [0.1, 0.15) is 12.7 Å². The summed E-state index contributed by atoms with van der Waals surface area (Å²) in [6, 6.07) is 6.24. The van der Waals surface area contributed by atoms with Crippen molar-refractivity contribution in [1.82, 2.24) is 14.8 Å². The number of aromatic nitrogens is 3. The molecule has 0 spiro atoms. The minimum Gasteiger partial charge on any atom is -0.374 e. The summed E-state index contributed by atoms with van der Waals surface area (Å²) in [4.78, 5) is 15.3. The standard InChI is InChI=1S/C11H11ClN4O2/c12-9-3-1-8(2-4-9)11(18,10(13)17)5-16-7-14-6-15-16/h1-4,6-7,18H,5H2,(H2,13,17). The van der Waals surface area contributed by atoms with Gasteiger partial charge in [0.25, 0.3) is 5.91 Å². The van der Waals surface area contributed by atoms with Crippen molar-refractivity contribution in [2.24, 2.45) is 5.73 Å². The second kappa shape index (κ2) is 4.75. The summed E-state index contributed by atoms with van der Waals surface area (Å²) in [5.41, 5.74) is 3.78. The quantitative estimate of drug-likeness (QED) is 0.832. The molecule has 1 heterocycles. The Balaban J connectivity index is 2.37. The summed E-state index contributed by atoms with van der Waals surface area (Å²) in [6.07, 6.45) is 2.70. The molecule has 1 aromatic heterocycles. The lowest BCUT2D eigenvalue weighted by molar-refractivity contribution is -0.139. The highest BCUT2D eigenvalue weighted by Crippen LogP contribution is 2.24. The molecule has 0 radical (unpaired) electrons. The van der Waals surface area contributed by atoms with Crippen LogP contribution in [0.1, 0.15) is 5.56 Å². The van der Waals surface area contributed by atoms with Gasteiger partial charge < -0.3 is 10.8 Å². The van der Waals surface area contributed by atoms with Crippen molar-refractivity contribution in [1.29, 1.82) is 0 Å². The van der Waals surface area contributed by atoms with E-state index in [0.29, 0.717) is 10.6 Å². The molecule has 0 aliphatic rings. The largest absolute Gasteiger partial charge is 0.374 e. The van der Waals surface area contributed by atoms with Gasteiger partial charge in [0.2, 0.25) is 0 Å². The van der Waals surface area contributed by atoms with Crippen LogP contribution in [0.2, 0.25) is 5.02 Å². The van der Waals surface area contributed by atoms with Crippen LogP contribution >= 0.6 is 11.6 Å². The number of aliphatic hydroxyl groups is 1. The van der Waals surface area contributed by atoms with Gasteiger partial charge in [-0.15, -0.1) is 0 Å². The smallest absolute Gasteiger partial charge is 0.256 e. The maximum Gasteiger partial charge on any atom is 0.256 e. The number of hydrogen-bond acceptors (Lipinski definition) is 4. The molecule has 1 atom stereocenters. The van der Waals surface area contributed by atoms with Crippen molar-refractivity contribution in [3.05, 3.63) is 47.5 Å². The first-order valence-corrected chi connectivity index (χ1v) is 5.51. The Kier molecular flexibility index (Phi) is 3.31. The molecule has 0 saturated carbocycles.